The molecule has 1 atom stereocenters. The fraction of sp³-hybridized carbons (Fsp3) is 0.235. The molecule has 0 fully saturated rings. The molecule has 0 aromatic heterocycles. The van der Waals surface area contributed by atoms with E-state index >= 15 is 0 Å². The average molecular weight is 284 g/mol. The Balaban J connectivity index is 2.55. The maximum Gasteiger partial charge on any atom is 0.123 e. The Kier molecular flexibility index (Phi) is 4.56. The number of hydrogen-bond donors (Lipinski definition) is 1. The number of nitrogens with zero attached hydrogens (tertiary/aromatic N) is 2. The van der Waals surface area contributed by atoms with E-state index in [2.05, 4.69) is 6.07 Å². The fourth-order valence-corrected chi connectivity index (χ4v) is 2.31. The molecule has 0 saturated heterocycles. The van der Waals surface area contributed by atoms with E-state index in [1.165, 1.54) is 12.1 Å². The first-order valence-corrected chi connectivity index (χ1v) is 6.82. The van der Waals surface area contributed by atoms with Crippen molar-refractivity contribution in [2.75, 3.05) is 11.4 Å². The van der Waals surface area contributed by atoms with E-state index in [9.17, 15) is 9.50 Å². The van der Waals surface area contributed by atoms with Gasteiger partial charge in [0, 0.05) is 23.5 Å². The number of nitriles is 1. The van der Waals surface area contributed by atoms with Crippen LogP contribution in [0.3, 0.4) is 0 Å². The second-order valence-electron chi connectivity index (χ2n) is 4.78. The van der Waals surface area contributed by atoms with E-state index in [-0.39, 0.29) is 5.82 Å². The lowest BCUT2D eigenvalue weighted by atomic mass is 10.0. The fourth-order valence-electron chi connectivity index (χ4n) is 2.31. The lowest BCUT2D eigenvalue weighted by molar-refractivity contribution is 0.200. The molecular weight excluding hydrogens is 267 g/mol. The molecule has 2 rings (SSSR count). The van der Waals surface area contributed by atoms with Gasteiger partial charge in [-0.15, -0.1) is 0 Å². The second kappa shape index (κ2) is 6.38. The standard InChI is InChI=1S/C17H17FN2O/c1-3-20(15-7-5-14(18)6-8-15)17-10-13(11-19)4-9-16(17)12(2)21/h4-10,12,21H,3H2,1-2H3. The summed E-state index contributed by atoms with van der Waals surface area (Å²) in [5.74, 6) is -0.295. The highest BCUT2D eigenvalue weighted by Crippen LogP contribution is 2.32. The van der Waals surface area contributed by atoms with Crippen LogP contribution in [0.4, 0.5) is 15.8 Å². The van der Waals surface area contributed by atoms with Crippen LogP contribution in [0, 0.1) is 17.1 Å². The molecule has 0 aliphatic rings. The molecule has 2 aromatic carbocycles. The molecule has 21 heavy (non-hydrogen) atoms. The van der Waals surface area contributed by atoms with E-state index < -0.39 is 6.10 Å². The van der Waals surface area contributed by atoms with Crippen LogP contribution >= 0.6 is 0 Å². The first-order valence-electron chi connectivity index (χ1n) is 6.82. The van der Waals surface area contributed by atoms with Crippen molar-refractivity contribution in [1.82, 2.24) is 0 Å². The summed E-state index contributed by atoms with van der Waals surface area (Å²) < 4.78 is 13.1. The summed E-state index contributed by atoms with van der Waals surface area (Å²) in [6, 6.07) is 13.5. The molecule has 2 aromatic rings. The van der Waals surface area contributed by atoms with Gasteiger partial charge >= 0.3 is 0 Å². The van der Waals surface area contributed by atoms with Gasteiger partial charge in [-0.1, -0.05) is 6.07 Å². The Bertz CT molecular complexity index is 659. The zero-order chi connectivity index (χ0) is 15.4. The summed E-state index contributed by atoms with van der Waals surface area (Å²) in [6.07, 6.45) is -0.651. The van der Waals surface area contributed by atoms with Crippen molar-refractivity contribution in [2.24, 2.45) is 0 Å². The monoisotopic (exact) mass is 284 g/mol. The molecule has 0 amide bonds. The Labute approximate surface area is 123 Å². The summed E-state index contributed by atoms with van der Waals surface area (Å²) in [5.41, 5.74) is 2.84. The minimum Gasteiger partial charge on any atom is -0.389 e. The van der Waals surface area contributed by atoms with Gasteiger partial charge in [-0.2, -0.15) is 5.26 Å². The Morgan fingerprint density at radius 1 is 1.24 bits per heavy atom. The van der Waals surface area contributed by atoms with Gasteiger partial charge in [0.15, 0.2) is 0 Å². The Morgan fingerprint density at radius 2 is 1.90 bits per heavy atom. The lowest BCUT2D eigenvalue weighted by Gasteiger charge is -2.27. The van der Waals surface area contributed by atoms with E-state index in [0.717, 1.165) is 16.9 Å². The molecular formula is C17H17FN2O. The third-order valence-corrected chi connectivity index (χ3v) is 3.35. The van der Waals surface area contributed by atoms with Crippen molar-refractivity contribution in [3.63, 3.8) is 0 Å². The van der Waals surface area contributed by atoms with Crippen molar-refractivity contribution in [1.29, 1.82) is 5.26 Å². The minimum atomic E-state index is -0.651. The van der Waals surface area contributed by atoms with E-state index in [1.807, 2.05) is 11.8 Å². The SMILES string of the molecule is CCN(c1ccc(F)cc1)c1cc(C#N)ccc1C(C)O. The predicted molar refractivity (Wildman–Crippen MR) is 80.9 cm³/mol. The number of rotatable bonds is 4. The third kappa shape index (κ3) is 3.21. The maximum atomic E-state index is 13.1. The number of anilines is 2. The third-order valence-electron chi connectivity index (χ3n) is 3.35. The highest BCUT2D eigenvalue weighted by Gasteiger charge is 2.16. The van der Waals surface area contributed by atoms with Gasteiger partial charge < -0.3 is 10.0 Å². The minimum absolute atomic E-state index is 0.295. The first-order chi connectivity index (χ1) is 10.1. The maximum absolute atomic E-state index is 13.1. The summed E-state index contributed by atoms with van der Waals surface area (Å²) in [5, 5.41) is 19.0. The molecule has 4 heteroatoms. The summed E-state index contributed by atoms with van der Waals surface area (Å²) in [4.78, 5) is 1.95. The number of aliphatic hydroxyl groups is 1. The topological polar surface area (TPSA) is 47.3 Å². The molecule has 0 radical (unpaired) electrons. The zero-order valence-electron chi connectivity index (χ0n) is 12.0. The van der Waals surface area contributed by atoms with Crippen molar-refractivity contribution in [3.8, 4) is 6.07 Å². The van der Waals surface area contributed by atoms with Crippen LogP contribution in [-0.4, -0.2) is 11.7 Å². The predicted octanol–water partition coefficient (Wildman–Crippen LogP) is 3.91. The first kappa shape index (κ1) is 15.0. The molecule has 0 bridgehead atoms. The van der Waals surface area contributed by atoms with Crippen LogP contribution in [-0.2, 0) is 0 Å². The molecule has 0 aliphatic carbocycles. The van der Waals surface area contributed by atoms with Gasteiger partial charge in [0.05, 0.1) is 17.7 Å². The Hall–Kier alpha value is -2.38. The number of benzene rings is 2. The molecule has 108 valence electrons. The highest BCUT2D eigenvalue weighted by molar-refractivity contribution is 5.68. The van der Waals surface area contributed by atoms with Crippen molar-refractivity contribution in [2.45, 2.75) is 20.0 Å². The van der Waals surface area contributed by atoms with E-state index in [0.29, 0.717) is 12.1 Å². The van der Waals surface area contributed by atoms with E-state index in [1.54, 1.807) is 37.3 Å². The normalized spacial score (nSPS) is 11.8. The van der Waals surface area contributed by atoms with Crippen molar-refractivity contribution in [3.05, 3.63) is 59.4 Å². The average Bonchev–Trinajstić information content (AvgIpc) is 2.49. The quantitative estimate of drug-likeness (QED) is 0.926. The van der Waals surface area contributed by atoms with Crippen LogP contribution in [0.2, 0.25) is 0 Å². The second-order valence-corrected chi connectivity index (χ2v) is 4.78. The van der Waals surface area contributed by atoms with Crippen LogP contribution in [0.25, 0.3) is 0 Å². The largest absolute Gasteiger partial charge is 0.389 e. The number of aliphatic hydroxyl groups excluding tert-OH is 1. The Morgan fingerprint density at radius 3 is 2.43 bits per heavy atom. The smallest absolute Gasteiger partial charge is 0.123 e. The summed E-state index contributed by atoms with van der Waals surface area (Å²) in [6.45, 7) is 4.29. The molecule has 1 N–H and O–H groups in total. The van der Waals surface area contributed by atoms with Gasteiger partial charge in [-0.25, -0.2) is 4.39 Å². The van der Waals surface area contributed by atoms with Gasteiger partial charge in [-0.3, -0.25) is 0 Å². The molecule has 3 nitrogen and oxygen atoms in total. The molecule has 0 spiro atoms. The van der Waals surface area contributed by atoms with Crippen LogP contribution in [0.15, 0.2) is 42.5 Å². The lowest BCUT2D eigenvalue weighted by Crippen LogP contribution is -2.18. The van der Waals surface area contributed by atoms with E-state index in [4.69, 9.17) is 5.26 Å². The van der Waals surface area contributed by atoms with Crippen LogP contribution in [0.1, 0.15) is 31.1 Å². The number of hydrogen-bond acceptors (Lipinski definition) is 3. The molecule has 0 aliphatic heterocycles. The van der Waals surface area contributed by atoms with Crippen LogP contribution in [0.5, 0.6) is 0 Å². The molecule has 1 unspecified atom stereocenters. The van der Waals surface area contributed by atoms with Crippen molar-refractivity contribution >= 4 is 11.4 Å². The molecule has 0 heterocycles. The van der Waals surface area contributed by atoms with Gasteiger partial charge in [-0.05, 0) is 50.2 Å². The van der Waals surface area contributed by atoms with Gasteiger partial charge in [0.2, 0.25) is 0 Å². The van der Waals surface area contributed by atoms with Gasteiger partial charge in [0.1, 0.15) is 5.82 Å². The van der Waals surface area contributed by atoms with Crippen molar-refractivity contribution < 1.29 is 9.50 Å². The summed E-state index contributed by atoms with van der Waals surface area (Å²) in [7, 11) is 0. The number of halogens is 1. The summed E-state index contributed by atoms with van der Waals surface area (Å²) >= 11 is 0. The zero-order valence-corrected chi connectivity index (χ0v) is 12.0. The highest BCUT2D eigenvalue weighted by atomic mass is 19.1. The molecule has 0 saturated carbocycles. The van der Waals surface area contributed by atoms with Gasteiger partial charge in [0.25, 0.3) is 0 Å². The van der Waals surface area contributed by atoms with Crippen LogP contribution < -0.4 is 4.90 Å².